The van der Waals surface area contributed by atoms with Crippen molar-refractivity contribution >= 4 is 17.7 Å². The number of hydrogen-bond acceptors (Lipinski definition) is 4. The highest BCUT2D eigenvalue weighted by molar-refractivity contribution is 6.09. The van der Waals surface area contributed by atoms with Crippen LogP contribution in [0.15, 0.2) is 78.9 Å². The van der Waals surface area contributed by atoms with E-state index in [0.29, 0.717) is 11.1 Å². The first kappa shape index (κ1) is 17.1. The van der Waals surface area contributed by atoms with E-state index in [4.69, 9.17) is 9.84 Å². The number of carboxylic acid groups (broad SMARTS) is 1. The van der Waals surface area contributed by atoms with Gasteiger partial charge in [0, 0.05) is 11.1 Å². The van der Waals surface area contributed by atoms with Crippen LogP contribution in [-0.2, 0) is 0 Å². The van der Waals surface area contributed by atoms with Gasteiger partial charge < -0.3 is 9.84 Å². The Labute approximate surface area is 149 Å². The predicted molar refractivity (Wildman–Crippen MR) is 94.7 cm³/mol. The molecule has 0 atom stereocenters. The first-order valence-electron chi connectivity index (χ1n) is 7.80. The molecule has 0 amide bonds. The van der Waals surface area contributed by atoms with Crippen molar-refractivity contribution in [2.75, 3.05) is 0 Å². The van der Waals surface area contributed by atoms with E-state index in [0.717, 1.165) is 0 Å². The van der Waals surface area contributed by atoms with Crippen LogP contribution in [0.5, 0.6) is 5.75 Å². The van der Waals surface area contributed by atoms with Gasteiger partial charge in [-0.2, -0.15) is 0 Å². The zero-order chi connectivity index (χ0) is 18.5. The third-order valence-electron chi connectivity index (χ3n) is 3.73. The van der Waals surface area contributed by atoms with Crippen molar-refractivity contribution in [2.45, 2.75) is 0 Å². The molecule has 0 aliphatic heterocycles. The third-order valence-corrected chi connectivity index (χ3v) is 3.73. The molecule has 0 bridgehead atoms. The van der Waals surface area contributed by atoms with Crippen LogP contribution >= 0.6 is 0 Å². The average molecular weight is 346 g/mol. The van der Waals surface area contributed by atoms with E-state index in [1.807, 2.05) is 6.07 Å². The van der Waals surface area contributed by atoms with Gasteiger partial charge in [0.1, 0.15) is 5.75 Å². The zero-order valence-electron chi connectivity index (χ0n) is 13.6. The van der Waals surface area contributed by atoms with Crippen molar-refractivity contribution in [1.29, 1.82) is 0 Å². The van der Waals surface area contributed by atoms with E-state index < -0.39 is 11.9 Å². The van der Waals surface area contributed by atoms with Gasteiger partial charge >= 0.3 is 11.9 Å². The first-order chi connectivity index (χ1) is 12.5. The van der Waals surface area contributed by atoms with Crippen LogP contribution in [0.1, 0.15) is 36.6 Å². The average Bonchev–Trinajstić information content (AvgIpc) is 2.68. The van der Waals surface area contributed by atoms with Crippen molar-refractivity contribution in [3.05, 3.63) is 101 Å². The molecule has 3 aromatic rings. The van der Waals surface area contributed by atoms with Crippen LogP contribution in [0.2, 0.25) is 0 Å². The summed E-state index contributed by atoms with van der Waals surface area (Å²) in [5.74, 6) is -1.53. The molecule has 0 heterocycles. The normalized spacial score (nSPS) is 10.2. The fraction of sp³-hybridized carbons (Fsp3) is 0. The maximum absolute atomic E-state index is 12.3. The minimum atomic E-state index is -1.05. The van der Waals surface area contributed by atoms with Crippen molar-refractivity contribution in [3.63, 3.8) is 0 Å². The standard InChI is InChI=1S/C21H14O5/c22-19(14-4-2-1-3-5-14)15-6-8-17(9-7-15)21(25)26-18-12-10-16(11-13-18)20(23)24/h1-13H,(H,23,24). The molecule has 1 N–H and O–H groups in total. The quantitative estimate of drug-likeness (QED) is 0.431. The van der Waals surface area contributed by atoms with E-state index in [1.165, 1.54) is 36.4 Å². The lowest BCUT2D eigenvalue weighted by Crippen LogP contribution is -2.09. The summed E-state index contributed by atoms with van der Waals surface area (Å²) in [6.07, 6.45) is 0. The molecule has 128 valence electrons. The summed E-state index contributed by atoms with van der Waals surface area (Å²) >= 11 is 0. The van der Waals surface area contributed by atoms with Crippen LogP contribution in [0.3, 0.4) is 0 Å². The summed E-state index contributed by atoms with van der Waals surface area (Å²) in [6.45, 7) is 0. The number of esters is 1. The summed E-state index contributed by atoms with van der Waals surface area (Å²) in [6, 6.07) is 20.6. The zero-order valence-corrected chi connectivity index (χ0v) is 13.6. The monoisotopic (exact) mass is 346 g/mol. The minimum Gasteiger partial charge on any atom is -0.478 e. The number of rotatable bonds is 5. The summed E-state index contributed by atoms with van der Waals surface area (Å²) in [4.78, 5) is 35.3. The number of ketones is 1. The lowest BCUT2D eigenvalue weighted by atomic mass is 10.0. The summed E-state index contributed by atoms with van der Waals surface area (Å²) in [7, 11) is 0. The van der Waals surface area contributed by atoms with Crippen LogP contribution in [0, 0.1) is 0 Å². The molecule has 0 saturated carbocycles. The number of ether oxygens (including phenoxy) is 1. The Morgan fingerprint density at radius 2 is 1.12 bits per heavy atom. The van der Waals surface area contributed by atoms with Gasteiger partial charge in [-0.05, 0) is 36.4 Å². The number of hydrogen-bond donors (Lipinski definition) is 1. The van der Waals surface area contributed by atoms with Crippen LogP contribution < -0.4 is 4.74 Å². The van der Waals surface area contributed by atoms with Crippen molar-refractivity contribution in [3.8, 4) is 5.75 Å². The van der Waals surface area contributed by atoms with Gasteiger partial charge in [-0.3, -0.25) is 4.79 Å². The Bertz CT molecular complexity index is 942. The molecular formula is C21H14O5. The second kappa shape index (κ2) is 7.44. The Hall–Kier alpha value is -3.73. The summed E-state index contributed by atoms with van der Waals surface area (Å²) in [5, 5.41) is 8.85. The number of benzene rings is 3. The minimum absolute atomic E-state index is 0.105. The Balaban J connectivity index is 1.71. The highest BCUT2D eigenvalue weighted by Gasteiger charge is 2.12. The van der Waals surface area contributed by atoms with E-state index >= 15 is 0 Å². The van der Waals surface area contributed by atoms with E-state index in [9.17, 15) is 14.4 Å². The number of aromatic carboxylic acids is 1. The fourth-order valence-corrected chi connectivity index (χ4v) is 2.35. The van der Waals surface area contributed by atoms with Crippen LogP contribution in [0.25, 0.3) is 0 Å². The van der Waals surface area contributed by atoms with Crippen molar-refractivity contribution in [2.24, 2.45) is 0 Å². The fourth-order valence-electron chi connectivity index (χ4n) is 2.35. The van der Waals surface area contributed by atoms with Crippen molar-refractivity contribution < 1.29 is 24.2 Å². The van der Waals surface area contributed by atoms with Gasteiger partial charge in [0.25, 0.3) is 0 Å². The van der Waals surface area contributed by atoms with Gasteiger partial charge in [0.15, 0.2) is 5.78 Å². The molecule has 0 aliphatic carbocycles. The number of carbonyl (C=O) groups excluding carboxylic acids is 2. The highest BCUT2D eigenvalue weighted by Crippen LogP contribution is 2.16. The molecular weight excluding hydrogens is 332 g/mol. The van der Waals surface area contributed by atoms with Gasteiger partial charge in [-0.25, -0.2) is 9.59 Å². The van der Waals surface area contributed by atoms with Crippen LogP contribution in [0.4, 0.5) is 0 Å². The number of carboxylic acids is 1. The molecule has 0 fully saturated rings. The molecule has 3 aromatic carbocycles. The molecule has 0 saturated heterocycles. The molecule has 0 spiro atoms. The third kappa shape index (κ3) is 3.84. The van der Waals surface area contributed by atoms with E-state index in [1.54, 1.807) is 36.4 Å². The maximum atomic E-state index is 12.3. The smallest absolute Gasteiger partial charge is 0.343 e. The lowest BCUT2D eigenvalue weighted by Gasteiger charge is -2.06. The molecule has 0 aliphatic rings. The SMILES string of the molecule is O=C(O)c1ccc(OC(=O)c2ccc(C(=O)c3ccccc3)cc2)cc1. The number of carbonyl (C=O) groups is 3. The summed E-state index contributed by atoms with van der Waals surface area (Å²) in [5.41, 5.74) is 1.44. The van der Waals surface area contributed by atoms with Gasteiger partial charge in [-0.1, -0.05) is 42.5 Å². The molecule has 5 heteroatoms. The lowest BCUT2D eigenvalue weighted by molar-refractivity contribution is 0.0696. The Kier molecular flexibility index (Phi) is 4.90. The van der Waals surface area contributed by atoms with Gasteiger partial charge in [0.2, 0.25) is 0 Å². The van der Waals surface area contributed by atoms with Gasteiger partial charge in [0.05, 0.1) is 11.1 Å². The Morgan fingerprint density at radius 1 is 0.615 bits per heavy atom. The second-order valence-electron chi connectivity index (χ2n) is 5.49. The second-order valence-corrected chi connectivity index (χ2v) is 5.49. The van der Waals surface area contributed by atoms with Crippen molar-refractivity contribution in [1.82, 2.24) is 0 Å². The first-order valence-corrected chi connectivity index (χ1v) is 7.80. The van der Waals surface area contributed by atoms with Crippen LogP contribution in [-0.4, -0.2) is 22.8 Å². The maximum Gasteiger partial charge on any atom is 0.343 e. The molecule has 0 aromatic heterocycles. The Morgan fingerprint density at radius 3 is 1.69 bits per heavy atom. The van der Waals surface area contributed by atoms with E-state index in [-0.39, 0.29) is 22.7 Å². The topological polar surface area (TPSA) is 80.7 Å². The molecule has 26 heavy (non-hydrogen) atoms. The highest BCUT2D eigenvalue weighted by atomic mass is 16.5. The molecule has 5 nitrogen and oxygen atoms in total. The summed E-state index contributed by atoms with van der Waals surface area (Å²) < 4.78 is 5.20. The van der Waals surface area contributed by atoms with Gasteiger partial charge in [-0.15, -0.1) is 0 Å². The molecule has 0 radical (unpaired) electrons. The predicted octanol–water partition coefficient (Wildman–Crippen LogP) is 3.84. The largest absolute Gasteiger partial charge is 0.478 e. The molecule has 0 unspecified atom stereocenters. The van der Waals surface area contributed by atoms with E-state index in [2.05, 4.69) is 0 Å². The molecule has 3 rings (SSSR count).